The summed E-state index contributed by atoms with van der Waals surface area (Å²) in [6.45, 7) is 4.26. The van der Waals surface area contributed by atoms with E-state index in [0.717, 1.165) is 50.6 Å². The summed E-state index contributed by atoms with van der Waals surface area (Å²) < 4.78 is 0. The Balaban J connectivity index is 1.63. The average Bonchev–Trinajstić information content (AvgIpc) is 2.47. The quantitative estimate of drug-likeness (QED) is 0.839. The molecule has 0 aromatic heterocycles. The predicted octanol–water partition coefficient (Wildman–Crippen LogP) is 3.32. The van der Waals surface area contributed by atoms with Crippen molar-refractivity contribution >= 4 is 5.91 Å². The molecule has 3 heteroatoms. The largest absolute Gasteiger partial charge is 0.343 e. The SMILES string of the molecule is CCCC1CCN(C(=O)CCC2CCC(N)CC2)CC1. The van der Waals surface area contributed by atoms with Crippen LogP contribution in [0.25, 0.3) is 0 Å². The molecular formula is C17H32N2O. The predicted molar refractivity (Wildman–Crippen MR) is 83.4 cm³/mol. The second-order valence-electron chi connectivity index (χ2n) is 6.93. The maximum Gasteiger partial charge on any atom is 0.222 e. The zero-order valence-corrected chi connectivity index (χ0v) is 13.2. The number of hydrogen-bond acceptors (Lipinski definition) is 2. The minimum absolute atomic E-state index is 0.398. The lowest BCUT2D eigenvalue weighted by Crippen LogP contribution is -2.38. The molecule has 1 aliphatic heterocycles. The highest BCUT2D eigenvalue weighted by molar-refractivity contribution is 5.76. The van der Waals surface area contributed by atoms with Crippen molar-refractivity contribution in [2.75, 3.05) is 13.1 Å². The maximum absolute atomic E-state index is 12.3. The zero-order chi connectivity index (χ0) is 14.4. The Morgan fingerprint density at radius 2 is 1.60 bits per heavy atom. The van der Waals surface area contributed by atoms with Crippen LogP contribution in [-0.4, -0.2) is 29.9 Å². The zero-order valence-electron chi connectivity index (χ0n) is 13.2. The van der Waals surface area contributed by atoms with Gasteiger partial charge in [-0.2, -0.15) is 0 Å². The highest BCUT2D eigenvalue weighted by Gasteiger charge is 2.24. The molecule has 0 aromatic rings. The van der Waals surface area contributed by atoms with E-state index in [2.05, 4.69) is 11.8 Å². The van der Waals surface area contributed by atoms with Crippen molar-refractivity contribution in [1.29, 1.82) is 0 Å². The Morgan fingerprint density at radius 3 is 2.20 bits per heavy atom. The van der Waals surface area contributed by atoms with E-state index in [1.165, 1.54) is 38.5 Å². The van der Waals surface area contributed by atoms with Gasteiger partial charge in [0.1, 0.15) is 0 Å². The molecule has 1 heterocycles. The van der Waals surface area contributed by atoms with Crippen LogP contribution in [0.4, 0.5) is 0 Å². The fraction of sp³-hybridized carbons (Fsp3) is 0.941. The lowest BCUT2D eigenvalue weighted by molar-refractivity contribution is -0.133. The third kappa shape index (κ3) is 4.76. The Kier molecular flexibility index (Phi) is 6.34. The molecule has 20 heavy (non-hydrogen) atoms. The van der Waals surface area contributed by atoms with E-state index in [1.807, 2.05) is 0 Å². The van der Waals surface area contributed by atoms with Crippen LogP contribution in [0.5, 0.6) is 0 Å². The van der Waals surface area contributed by atoms with E-state index >= 15 is 0 Å². The third-order valence-electron chi connectivity index (χ3n) is 5.32. The molecule has 2 fully saturated rings. The molecule has 1 saturated carbocycles. The summed E-state index contributed by atoms with van der Waals surface area (Å²) in [5, 5.41) is 0. The van der Waals surface area contributed by atoms with Gasteiger partial charge in [0.05, 0.1) is 0 Å². The van der Waals surface area contributed by atoms with Crippen LogP contribution >= 0.6 is 0 Å². The Hall–Kier alpha value is -0.570. The van der Waals surface area contributed by atoms with Crippen molar-refractivity contribution in [3.8, 4) is 0 Å². The molecule has 116 valence electrons. The second-order valence-corrected chi connectivity index (χ2v) is 6.93. The number of carbonyl (C=O) groups is 1. The molecular weight excluding hydrogens is 248 g/mol. The van der Waals surface area contributed by atoms with Crippen molar-refractivity contribution in [2.45, 2.75) is 77.2 Å². The van der Waals surface area contributed by atoms with Gasteiger partial charge in [-0.1, -0.05) is 19.8 Å². The highest BCUT2D eigenvalue weighted by Crippen LogP contribution is 2.28. The van der Waals surface area contributed by atoms with Crippen LogP contribution in [-0.2, 0) is 4.79 Å². The van der Waals surface area contributed by atoms with Gasteiger partial charge in [0.25, 0.3) is 0 Å². The van der Waals surface area contributed by atoms with Crippen molar-refractivity contribution in [3.05, 3.63) is 0 Å². The number of hydrogen-bond donors (Lipinski definition) is 1. The van der Waals surface area contributed by atoms with Crippen LogP contribution in [0.3, 0.4) is 0 Å². The molecule has 2 aliphatic rings. The molecule has 0 aromatic carbocycles. The minimum Gasteiger partial charge on any atom is -0.343 e. The summed E-state index contributed by atoms with van der Waals surface area (Å²) in [5.74, 6) is 2.01. The van der Waals surface area contributed by atoms with E-state index in [-0.39, 0.29) is 0 Å². The van der Waals surface area contributed by atoms with Gasteiger partial charge in [-0.15, -0.1) is 0 Å². The maximum atomic E-state index is 12.3. The fourth-order valence-corrected chi connectivity index (χ4v) is 3.84. The smallest absolute Gasteiger partial charge is 0.222 e. The number of carbonyl (C=O) groups excluding carboxylic acids is 1. The molecule has 3 nitrogen and oxygen atoms in total. The van der Waals surface area contributed by atoms with Crippen LogP contribution in [0, 0.1) is 11.8 Å². The average molecular weight is 280 g/mol. The van der Waals surface area contributed by atoms with Gasteiger partial charge in [-0.3, -0.25) is 4.79 Å². The molecule has 2 N–H and O–H groups in total. The minimum atomic E-state index is 0.398. The lowest BCUT2D eigenvalue weighted by Gasteiger charge is -2.32. The first-order valence-corrected chi connectivity index (χ1v) is 8.72. The van der Waals surface area contributed by atoms with Gasteiger partial charge in [0.2, 0.25) is 5.91 Å². The number of piperidine rings is 1. The van der Waals surface area contributed by atoms with Crippen molar-refractivity contribution in [2.24, 2.45) is 17.6 Å². The molecule has 1 aliphatic carbocycles. The summed E-state index contributed by atoms with van der Waals surface area (Å²) in [7, 11) is 0. The number of likely N-dealkylation sites (tertiary alicyclic amines) is 1. The van der Waals surface area contributed by atoms with Gasteiger partial charge in [0.15, 0.2) is 0 Å². The van der Waals surface area contributed by atoms with Crippen LogP contribution in [0.15, 0.2) is 0 Å². The first kappa shape index (κ1) is 15.8. The highest BCUT2D eigenvalue weighted by atomic mass is 16.2. The van der Waals surface area contributed by atoms with Gasteiger partial charge in [-0.05, 0) is 56.8 Å². The molecule has 1 saturated heterocycles. The third-order valence-corrected chi connectivity index (χ3v) is 5.32. The number of nitrogens with two attached hydrogens (primary N) is 1. The number of nitrogens with zero attached hydrogens (tertiary/aromatic N) is 1. The lowest BCUT2D eigenvalue weighted by atomic mass is 9.83. The van der Waals surface area contributed by atoms with Crippen molar-refractivity contribution in [1.82, 2.24) is 4.90 Å². The van der Waals surface area contributed by atoms with Gasteiger partial charge in [0, 0.05) is 25.6 Å². The van der Waals surface area contributed by atoms with Crippen LogP contribution in [0.2, 0.25) is 0 Å². The van der Waals surface area contributed by atoms with Crippen molar-refractivity contribution < 1.29 is 4.79 Å². The molecule has 0 bridgehead atoms. The van der Waals surface area contributed by atoms with Gasteiger partial charge < -0.3 is 10.6 Å². The van der Waals surface area contributed by atoms with E-state index in [4.69, 9.17) is 5.73 Å². The standard InChI is InChI=1S/C17H32N2O/c1-2-3-14-10-12-19(13-11-14)17(20)9-6-15-4-7-16(18)8-5-15/h14-16H,2-13,18H2,1H3. The van der Waals surface area contributed by atoms with E-state index in [0.29, 0.717) is 11.9 Å². The fourth-order valence-electron chi connectivity index (χ4n) is 3.84. The Morgan fingerprint density at radius 1 is 1.00 bits per heavy atom. The Labute approximate surface area is 124 Å². The molecule has 0 spiro atoms. The summed E-state index contributed by atoms with van der Waals surface area (Å²) in [6.07, 6.45) is 11.7. The molecule has 1 amide bonds. The van der Waals surface area contributed by atoms with Crippen LogP contribution in [0.1, 0.15) is 71.1 Å². The van der Waals surface area contributed by atoms with Gasteiger partial charge >= 0.3 is 0 Å². The monoisotopic (exact) mass is 280 g/mol. The normalized spacial score (nSPS) is 28.6. The molecule has 0 unspecified atom stereocenters. The number of rotatable bonds is 5. The number of amides is 1. The topological polar surface area (TPSA) is 46.3 Å². The summed E-state index contributed by atoms with van der Waals surface area (Å²) in [5.41, 5.74) is 5.93. The first-order chi connectivity index (χ1) is 9.69. The van der Waals surface area contributed by atoms with E-state index in [9.17, 15) is 4.79 Å². The van der Waals surface area contributed by atoms with E-state index < -0.39 is 0 Å². The summed E-state index contributed by atoms with van der Waals surface area (Å²) in [4.78, 5) is 14.4. The van der Waals surface area contributed by atoms with E-state index in [1.54, 1.807) is 0 Å². The molecule has 0 atom stereocenters. The van der Waals surface area contributed by atoms with Crippen molar-refractivity contribution in [3.63, 3.8) is 0 Å². The van der Waals surface area contributed by atoms with Gasteiger partial charge in [-0.25, -0.2) is 0 Å². The summed E-state index contributed by atoms with van der Waals surface area (Å²) in [6, 6.07) is 0.416. The first-order valence-electron chi connectivity index (χ1n) is 8.72. The summed E-state index contributed by atoms with van der Waals surface area (Å²) >= 11 is 0. The second kappa shape index (κ2) is 8.02. The molecule has 0 radical (unpaired) electrons. The Bertz CT molecular complexity index is 289. The molecule has 2 rings (SSSR count). The van der Waals surface area contributed by atoms with Crippen LogP contribution < -0.4 is 5.73 Å².